The lowest BCUT2D eigenvalue weighted by molar-refractivity contribution is 0.200. The van der Waals surface area contributed by atoms with Crippen LogP contribution in [0.5, 0.6) is 5.75 Å². The number of hydrogen-bond donors (Lipinski definition) is 1. The van der Waals surface area contributed by atoms with Gasteiger partial charge in [0.1, 0.15) is 17.6 Å². The minimum Gasteiger partial charge on any atom is -0.497 e. The Morgan fingerprint density at radius 2 is 1.74 bits per heavy atom. The van der Waals surface area contributed by atoms with Gasteiger partial charge in [0.2, 0.25) is 0 Å². The number of aromatic amines is 1. The van der Waals surface area contributed by atoms with Gasteiger partial charge in [-0.3, -0.25) is 9.69 Å². The van der Waals surface area contributed by atoms with Gasteiger partial charge in [-0.05, 0) is 52.4 Å². The number of ether oxygens (including phenoxy) is 1. The number of tetrazole rings is 1. The second-order valence-electron chi connectivity index (χ2n) is 9.56. The summed E-state index contributed by atoms with van der Waals surface area (Å²) in [6.45, 7) is 2.84. The van der Waals surface area contributed by atoms with Crippen LogP contribution in [0.4, 0.5) is 10.1 Å². The molecule has 9 nitrogen and oxygen atoms in total. The van der Waals surface area contributed by atoms with Gasteiger partial charge in [0.25, 0.3) is 5.56 Å². The maximum Gasteiger partial charge on any atom is 0.253 e. The van der Waals surface area contributed by atoms with E-state index in [0.717, 1.165) is 16.5 Å². The lowest BCUT2D eigenvalue weighted by Gasteiger charge is -2.39. The lowest BCUT2D eigenvalue weighted by atomic mass is 10.0. The normalized spacial score (nSPS) is 15.0. The van der Waals surface area contributed by atoms with Crippen LogP contribution in [0, 0.1) is 5.82 Å². The molecule has 1 atom stereocenters. The van der Waals surface area contributed by atoms with Gasteiger partial charge in [0.05, 0.1) is 19.3 Å². The molecule has 1 aliphatic rings. The van der Waals surface area contributed by atoms with Crippen molar-refractivity contribution in [1.29, 1.82) is 0 Å². The van der Waals surface area contributed by atoms with Gasteiger partial charge in [-0.2, -0.15) is 0 Å². The average molecular weight is 526 g/mol. The molecule has 5 aromatic rings. The van der Waals surface area contributed by atoms with Gasteiger partial charge < -0.3 is 14.6 Å². The van der Waals surface area contributed by atoms with Crippen LogP contribution >= 0.6 is 0 Å². The standard InChI is InChI=1S/C29H28FN7O2/c1-39-22-11-12-25-21(17-22)18-23(29(38)31-25)27(28-32-33-34-37(28)19-20-7-3-2-4-8-20)36-15-13-35(14-16-36)26-10-6-5-9-24(26)30/h2-12,17-18,27H,13-16,19H2,1H3,(H,31,38)/t27-/m0/s1. The van der Waals surface area contributed by atoms with E-state index in [-0.39, 0.29) is 11.4 Å². The van der Waals surface area contributed by atoms with Crippen LogP contribution in [0.25, 0.3) is 10.9 Å². The van der Waals surface area contributed by atoms with Gasteiger partial charge in [0.15, 0.2) is 5.82 Å². The van der Waals surface area contributed by atoms with Crippen LogP contribution in [0.2, 0.25) is 0 Å². The fourth-order valence-corrected chi connectivity index (χ4v) is 5.24. The van der Waals surface area contributed by atoms with Gasteiger partial charge in [-0.1, -0.05) is 42.5 Å². The summed E-state index contributed by atoms with van der Waals surface area (Å²) in [5, 5.41) is 13.5. The first-order valence-corrected chi connectivity index (χ1v) is 12.8. The maximum absolute atomic E-state index is 14.5. The third-order valence-corrected chi connectivity index (χ3v) is 7.23. The molecule has 3 aromatic carbocycles. The second-order valence-corrected chi connectivity index (χ2v) is 9.56. The number of nitrogens with zero attached hydrogens (tertiary/aromatic N) is 6. The Bertz CT molecular complexity index is 1640. The largest absolute Gasteiger partial charge is 0.497 e. The molecule has 10 heteroatoms. The summed E-state index contributed by atoms with van der Waals surface area (Å²) in [5.74, 6) is 1.03. The summed E-state index contributed by atoms with van der Waals surface area (Å²) >= 11 is 0. The molecular formula is C29H28FN7O2. The van der Waals surface area contributed by atoms with Crippen molar-refractivity contribution in [2.24, 2.45) is 0 Å². The molecule has 6 rings (SSSR count). The predicted molar refractivity (Wildman–Crippen MR) is 147 cm³/mol. The van der Waals surface area contributed by atoms with Crippen molar-refractivity contribution in [3.8, 4) is 5.75 Å². The van der Waals surface area contributed by atoms with Crippen molar-refractivity contribution in [3.05, 3.63) is 112 Å². The molecule has 0 amide bonds. The van der Waals surface area contributed by atoms with Crippen LogP contribution in [-0.4, -0.2) is 63.4 Å². The number of methoxy groups -OCH3 is 1. The van der Waals surface area contributed by atoms with Crippen LogP contribution < -0.4 is 15.2 Å². The number of para-hydroxylation sites is 1. The van der Waals surface area contributed by atoms with E-state index in [1.54, 1.807) is 23.9 Å². The first-order chi connectivity index (χ1) is 19.1. The number of hydrogen-bond acceptors (Lipinski definition) is 7. The number of fused-ring (bicyclic) bond motifs is 1. The van der Waals surface area contributed by atoms with E-state index >= 15 is 0 Å². The van der Waals surface area contributed by atoms with E-state index in [4.69, 9.17) is 4.74 Å². The molecule has 198 valence electrons. The lowest BCUT2D eigenvalue weighted by Crippen LogP contribution is -2.49. The fourth-order valence-electron chi connectivity index (χ4n) is 5.24. The summed E-state index contributed by atoms with van der Waals surface area (Å²) in [4.78, 5) is 20.8. The fraction of sp³-hybridized carbons (Fsp3) is 0.241. The molecule has 0 radical (unpaired) electrons. The third kappa shape index (κ3) is 4.98. The molecular weight excluding hydrogens is 497 g/mol. The van der Waals surface area contributed by atoms with Crippen molar-refractivity contribution in [2.45, 2.75) is 12.6 Å². The van der Waals surface area contributed by atoms with Gasteiger partial charge in [-0.25, -0.2) is 9.07 Å². The minimum absolute atomic E-state index is 0.205. The molecule has 0 spiro atoms. The number of nitrogens with one attached hydrogen (secondary N) is 1. The summed E-state index contributed by atoms with van der Waals surface area (Å²) < 4.78 is 21.7. The van der Waals surface area contributed by atoms with Crippen molar-refractivity contribution < 1.29 is 9.13 Å². The Morgan fingerprint density at radius 3 is 2.51 bits per heavy atom. The minimum atomic E-state index is -0.508. The highest BCUT2D eigenvalue weighted by atomic mass is 19.1. The van der Waals surface area contributed by atoms with E-state index in [9.17, 15) is 9.18 Å². The molecule has 39 heavy (non-hydrogen) atoms. The van der Waals surface area contributed by atoms with E-state index in [1.165, 1.54) is 6.07 Å². The quantitative estimate of drug-likeness (QED) is 0.347. The predicted octanol–water partition coefficient (Wildman–Crippen LogP) is 3.62. The Morgan fingerprint density at radius 1 is 0.974 bits per heavy atom. The van der Waals surface area contributed by atoms with Crippen molar-refractivity contribution in [1.82, 2.24) is 30.1 Å². The maximum atomic E-state index is 14.5. The molecule has 1 saturated heterocycles. The molecule has 0 bridgehead atoms. The summed E-state index contributed by atoms with van der Waals surface area (Å²) in [6.07, 6.45) is 0. The first-order valence-electron chi connectivity index (χ1n) is 12.8. The van der Waals surface area contributed by atoms with Crippen molar-refractivity contribution in [3.63, 3.8) is 0 Å². The SMILES string of the molecule is COc1ccc2[nH]c(=O)c([C@@H](c3nnnn3Cc3ccccc3)N3CCN(c4ccccc4F)CC3)cc2c1. The van der Waals surface area contributed by atoms with E-state index in [2.05, 4.69) is 25.4 Å². The number of pyridine rings is 1. The third-order valence-electron chi connectivity index (χ3n) is 7.23. The summed E-state index contributed by atoms with van der Waals surface area (Å²) in [5.41, 5.74) is 2.68. The van der Waals surface area contributed by atoms with Crippen molar-refractivity contribution in [2.75, 3.05) is 38.2 Å². The zero-order valence-electron chi connectivity index (χ0n) is 21.5. The van der Waals surface area contributed by atoms with Crippen LogP contribution in [0.3, 0.4) is 0 Å². The van der Waals surface area contributed by atoms with E-state index in [0.29, 0.717) is 55.5 Å². The molecule has 3 heterocycles. The Hall–Kier alpha value is -4.57. The summed E-state index contributed by atoms with van der Waals surface area (Å²) in [7, 11) is 1.61. The molecule has 1 N–H and O–H groups in total. The van der Waals surface area contributed by atoms with Gasteiger partial charge in [-0.15, -0.1) is 5.10 Å². The average Bonchev–Trinajstić information content (AvgIpc) is 3.42. The highest BCUT2D eigenvalue weighted by Crippen LogP contribution is 2.30. The van der Waals surface area contributed by atoms with Gasteiger partial charge >= 0.3 is 0 Å². The highest BCUT2D eigenvalue weighted by Gasteiger charge is 2.33. The number of rotatable bonds is 7. The molecule has 1 aliphatic heterocycles. The van der Waals surface area contributed by atoms with Gasteiger partial charge in [0, 0.05) is 42.6 Å². The molecule has 1 fully saturated rings. The Balaban J connectivity index is 1.40. The van der Waals surface area contributed by atoms with Crippen LogP contribution in [0.1, 0.15) is 23.0 Å². The summed E-state index contributed by atoms with van der Waals surface area (Å²) in [6, 6.07) is 23.7. The monoisotopic (exact) mass is 525 g/mol. The van der Waals surface area contributed by atoms with E-state index in [1.807, 2.05) is 65.6 Å². The Labute approximate surface area is 224 Å². The van der Waals surface area contributed by atoms with E-state index < -0.39 is 6.04 Å². The number of anilines is 1. The topological polar surface area (TPSA) is 92.2 Å². The number of piperazine rings is 1. The number of benzene rings is 3. The van der Waals surface area contributed by atoms with Crippen molar-refractivity contribution >= 4 is 16.6 Å². The molecule has 0 unspecified atom stereocenters. The smallest absolute Gasteiger partial charge is 0.253 e. The molecule has 0 aliphatic carbocycles. The number of halogens is 1. The van der Waals surface area contributed by atoms with Crippen LogP contribution in [0.15, 0.2) is 83.7 Å². The Kier molecular flexibility index (Phi) is 6.76. The van der Waals surface area contributed by atoms with Crippen LogP contribution in [-0.2, 0) is 6.54 Å². The first kappa shape index (κ1) is 24.7. The zero-order chi connectivity index (χ0) is 26.8. The number of H-pyrrole nitrogens is 1. The molecule has 2 aromatic heterocycles. The zero-order valence-corrected chi connectivity index (χ0v) is 21.5. The molecule has 0 saturated carbocycles. The number of aromatic nitrogens is 5. The second kappa shape index (κ2) is 10.7. The highest BCUT2D eigenvalue weighted by molar-refractivity contribution is 5.80.